The van der Waals surface area contributed by atoms with Crippen LogP contribution in [0, 0.1) is 16.7 Å². The molecule has 0 radical (unpaired) electrons. The Balaban J connectivity index is 1.56. The molecule has 0 spiro atoms. The largest absolute Gasteiger partial charge is 0.861 e. The summed E-state index contributed by atoms with van der Waals surface area (Å²) in [5.74, 6) is -0.400. The molecule has 0 bridgehead atoms. The average molecular weight is 413 g/mol. The second kappa shape index (κ2) is 7.63. The molecule has 2 aliphatic rings. The predicted octanol–water partition coefficient (Wildman–Crippen LogP) is 4.55. The minimum absolute atomic E-state index is 0.0759. The molecule has 1 N–H and O–H groups in total. The monoisotopic (exact) mass is 413 g/mol. The van der Waals surface area contributed by atoms with Crippen molar-refractivity contribution < 1.29 is 18.3 Å². The van der Waals surface area contributed by atoms with Gasteiger partial charge in [-0.1, -0.05) is 18.2 Å². The van der Waals surface area contributed by atoms with Gasteiger partial charge >= 0.3 is 6.18 Å². The lowest BCUT2D eigenvalue weighted by Crippen LogP contribution is -2.28. The van der Waals surface area contributed by atoms with E-state index in [4.69, 9.17) is 5.26 Å². The van der Waals surface area contributed by atoms with E-state index in [0.29, 0.717) is 30.3 Å². The summed E-state index contributed by atoms with van der Waals surface area (Å²) < 4.78 is 39.8. The van der Waals surface area contributed by atoms with Crippen LogP contribution in [-0.4, -0.2) is 16.9 Å². The Hall–Kier alpha value is -3.08. The zero-order chi connectivity index (χ0) is 21.4. The van der Waals surface area contributed by atoms with E-state index >= 15 is 0 Å². The Labute approximate surface area is 172 Å². The number of rotatable bonds is 4. The third-order valence-corrected chi connectivity index (χ3v) is 5.66. The summed E-state index contributed by atoms with van der Waals surface area (Å²) in [4.78, 5) is 7.73. The SMILES string of the molecule is N#CC1(C([O-])=NC=C2CCC[C@H](Nc3cc(C(F)(F)F)nc4ccccc34)C2)CC1. The van der Waals surface area contributed by atoms with Crippen molar-refractivity contribution in [3.05, 3.63) is 47.8 Å². The number of nitriles is 1. The number of nitrogens with zero attached hydrogens (tertiary/aromatic N) is 3. The maximum absolute atomic E-state index is 13.3. The van der Waals surface area contributed by atoms with E-state index in [0.717, 1.165) is 30.9 Å². The first kappa shape index (κ1) is 20.2. The maximum atomic E-state index is 13.3. The number of alkyl halides is 3. The van der Waals surface area contributed by atoms with Crippen LogP contribution in [0.3, 0.4) is 0 Å². The number of halogens is 3. The zero-order valence-corrected chi connectivity index (χ0v) is 16.2. The molecule has 0 unspecified atom stereocenters. The van der Waals surface area contributed by atoms with E-state index in [2.05, 4.69) is 15.3 Å². The third-order valence-electron chi connectivity index (χ3n) is 5.66. The van der Waals surface area contributed by atoms with Crippen LogP contribution in [0.25, 0.3) is 10.9 Å². The van der Waals surface area contributed by atoms with Crippen molar-refractivity contribution in [2.24, 2.45) is 10.4 Å². The molecule has 2 aliphatic carbocycles. The van der Waals surface area contributed by atoms with Crippen LogP contribution in [0.2, 0.25) is 0 Å². The molecule has 4 rings (SSSR count). The van der Waals surface area contributed by atoms with Crippen molar-refractivity contribution in [2.45, 2.75) is 50.7 Å². The Kier molecular flexibility index (Phi) is 5.14. The maximum Gasteiger partial charge on any atom is 0.433 e. The number of anilines is 1. The molecule has 2 aromatic rings. The highest BCUT2D eigenvalue weighted by Gasteiger charge is 2.43. The number of benzene rings is 1. The highest BCUT2D eigenvalue weighted by molar-refractivity contribution is 5.91. The summed E-state index contributed by atoms with van der Waals surface area (Å²) in [7, 11) is 0. The quantitative estimate of drug-likeness (QED) is 0.589. The Bertz CT molecular complexity index is 1060. The number of nitrogens with one attached hydrogen (secondary N) is 1. The molecular formula is C22H20F3N4O-. The number of hydrogen-bond donors (Lipinski definition) is 1. The number of aromatic nitrogens is 1. The molecule has 2 saturated carbocycles. The van der Waals surface area contributed by atoms with Crippen LogP contribution in [0.5, 0.6) is 0 Å². The molecule has 0 saturated heterocycles. The highest BCUT2D eigenvalue weighted by atomic mass is 19.4. The molecule has 30 heavy (non-hydrogen) atoms. The van der Waals surface area contributed by atoms with E-state index in [1.807, 2.05) is 6.07 Å². The first-order valence-corrected chi connectivity index (χ1v) is 9.89. The molecule has 156 valence electrons. The summed E-state index contributed by atoms with van der Waals surface area (Å²) in [6.45, 7) is 0. The van der Waals surface area contributed by atoms with Crippen molar-refractivity contribution in [3.63, 3.8) is 0 Å². The van der Waals surface area contributed by atoms with Gasteiger partial charge in [-0.15, -0.1) is 0 Å². The number of pyridine rings is 1. The molecule has 1 heterocycles. The lowest BCUT2D eigenvalue weighted by atomic mass is 9.91. The molecule has 0 aliphatic heterocycles. The first-order valence-electron chi connectivity index (χ1n) is 9.89. The van der Waals surface area contributed by atoms with Gasteiger partial charge in [0.05, 0.1) is 17.0 Å². The molecule has 0 amide bonds. The normalized spacial score (nSPS) is 22.7. The first-order chi connectivity index (χ1) is 14.3. The summed E-state index contributed by atoms with van der Waals surface area (Å²) in [6, 6.07) is 9.75. The average Bonchev–Trinajstić information content (AvgIpc) is 3.53. The van der Waals surface area contributed by atoms with Gasteiger partial charge in [-0.2, -0.15) is 18.4 Å². The molecule has 5 nitrogen and oxygen atoms in total. The van der Waals surface area contributed by atoms with Gasteiger partial charge in [-0.3, -0.25) is 4.99 Å². The number of hydrogen-bond acceptors (Lipinski definition) is 5. The lowest BCUT2D eigenvalue weighted by Gasteiger charge is -2.27. The van der Waals surface area contributed by atoms with Crippen LogP contribution < -0.4 is 10.4 Å². The second-order valence-corrected chi connectivity index (χ2v) is 7.92. The fraction of sp³-hybridized carbons (Fsp3) is 0.409. The topological polar surface area (TPSA) is 84.1 Å². The van der Waals surface area contributed by atoms with Crippen LogP contribution >= 0.6 is 0 Å². The summed E-state index contributed by atoms with van der Waals surface area (Å²) in [5.41, 5.74) is -0.230. The van der Waals surface area contributed by atoms with Crippen molar-refractivity contribution in [1.29, 1.82) is 5.26 Å². The van der Waals surface area contributed by atoms with Gasteiger partial charge in [0.15, 0.2) is 0 Å². The standard InChI is InChI=1S/C22H21F3N4O/c23-22(24,25)19-11-18(16-6-1-2-7-17(16)29-19)28-15-5-3-4-14(10-15)12-27-20(30)21(13-26)8-9-21/h1-2,6-7,11-12,15H,3-5,8-10H2,(H,27,30)(H,28,29)/p-1/t15-/m0/s1. The predicted molar refractivity (Wildman–Crippen MR) is 105 cm³/mol. The fourth-order valence-corrected chi connectivity index (χ4v) is 3.77. The Morgan fingerprint density at radius 3 is 2.80 bits per heavy atom. The molecule has 1 atom stereocenters. The summed E-state index contributed by atoms with van der Waals surface area (Å²) in [6.07, 6.45) is 1.10. The molecule has 1 aromatic carbocycles. The Morgan fingerprint density at radius 2 is 2.10 bits per heavy atom. The van der Waals surface area contributed by atoms with Crippen molar-refractivity contribution in [2.75, 3.05) is 5.32 Å². The summed E-state index contributed by atoms with van der Waals surface area (Å²) >= 11 is 0. The van der Waals surface area contributed by atoms with E-state index in [-0.39, 0.29) is 11.6 Å². The van der Waals surface area contributed by atoms with Crippen molar-refractivity contribution >= 4 is 22.5 Å². The minimum Gasteiger partial charge on any atom is -0.861 e. The Morgan fingerprint density at radius 1 is 1.33 bits per heavy atom. The minimum atomic E-state index is -4.53. The van der Waals surface area contributed by atoms with E-state index in [1.165, 1.54) is 0 Å². The number of para-hydroxylation sites is 1. The van der Waals surface area contributed by atoms with E-state index in [9.17, 15) is 18.3 Å². The van der Waals surface area contributed by atoms with Crippen molar-refractivity contribution in [3.8, 4) is 6.07 Å². The third kappa shape index (κ3) is 4.11. The molecule has 8 heteroatoms. The lowest BCUT2D eigenvalue weighted by molar-refractivity contribution is -0.223. The molecule has 1 aromatic heterocycles. The number of aliphatic imine (C=N–C) groups is 1. The highest BCUT2D eigenvalue weighted by Crippen LogP contribution is 2.45. The van der Waals surface area contributed by atoms with Crippen molar-refractivity contribution in [1.82, 2.24) is 4.98 Å². The van der Waals surface area contributed by atoms with Crippen LogP contribution in [-0.2, 0) is 6.18 Å². The summed E-state index contributed by atoms with van der Waals surface area (Å²) in [5, 5.41) is 25.1. The number of fused-ring (bicyclic) bond motifs is 1. The zero-order valence-electron chi connectivity index (χ0n) is 16.2. The van der Waals surface area contributed by atoms with Gasteiger partial charge in [0, 0.05) is 23.3 Å². The fourth-order valence-electron chi connectivity index (χ4n) is 3.77. The van der Waals surface area contributed by atoms with Gasteiger partial charge in [-0.25, -0.2) is 4.98 Å². The van der Waals surface area contributed by atoms with Gasteiger partial charge in [0.25, 0.3) is 0 Å². The van der Waals surface area contributed by atoms with E-state index in [1.54, 1.807) is 30.5 Å². The van der Waals surface area contributed by atoms with Gasteiger partial charge in [0.2, 0.25) is 0 Å². The molecular weight excluding hydrogens is 393 g/mol. The van der Waals surface area contributed by atoms with Crippen LogP contribution in [0.1, 0.15) is 44.2 Å². The smallest absolute Gasteiger partial charge is 0.433 e. The molecule has 2 fully saturated rings. The second-order valence-electron chi connectivity index (χ2n) is 7.92. The van der Waals surface area contributed by atoms with Gasteiger partial charge in [-0.05, 0) is 62.1 Å². The van der Waals surface area contributed by atoms with E-state index < -0.39 is 23.2 Å². The van der Waals surface area contributed by atoms with Crippen LogP contribution in [0.4, 0.5) is 18.9 Å². The van der Waals surface area contributed by atoms with Crippen LogP contribution in [0.15, 0.2) is 47.1 Å². The van der Waals surface area contributed by atoms with Gasteiger partial charge in [0.1, 0.15) is 5.69 Å². The van der Waals surface area contributed by atoms with Gasteiger partial charge < -0.3 is 10.4 Å².